The van der Waals surface area contributed by atoms with E-state index in [1.165, 1.54) is 38.8 Å². The number of fused-ring (bicyclic) bond motifs is 7. The topological polar surface area (TPSA) is 46.8 Å². The van der Waals surface area contributed by atoms with Crippen LogP contribution in [-0.4, -0.2) is 19.5 Å². The van der Waals surface area contributed by atoms with Crippen molar-refractivity contribution in [2.24, 2.45) is 0 Å². The van der Waals surface area contributed by atoms with E-state index in [9.17, 15) is 0 Å². The highest BCUT2D eigenvalue weighted by molar-refractivity contribution is 9.10. The van der Waals surface area contributed by atoms with Crippen LogP contribution in [0, 0.1) is 0 Å². The van der Waals surface area contributed by atoms with Gasteiger partial charge in [-0.1, -0.05) is 153 Å². The van der Waals surface area contributed by atoms with Crippen LogP contribution in [0.15, 0.2) is 186 Å². The Morgan fingerprint density at radius 3 is 1.72 bits per heavy atom. The molecule has 58 heavy (non-hydrogen) atoms. The van der Waals surface area contributed by atoms with Crippen molar-refractivity contribution >= 4 is 65.6 Å². The minimum Gasteiger partial charge on any atom is -0.308 e. The highest BCUT2D eigenvalue weighted by atomic mass is 79.9. The molecule has 11 rings (SSSR count). The lowest BCUT2D eigenvalue weighted by molar-refractivity contribution is 0.633. The average molecular weight is 811 g/mol. The first-order chi connectivity index (χ1) is 28.5. The Morgan fingerprint density at radius 2 is 1.02 bits per heavy atom. The fourth-order valence-corrected chi connectivity index (χ4v) is 9.38. The Kier molecular flexibility index (Phi) is 7.92. The molecule has 3 heterocycles. The molecule has 1 aliphatic rings. The van der Waals surface area contributed by atoms with Crippen LogP contribution in [0.1, 0.15) is 25.0 Å². The minimum atomic E-state index is -0.270. The summed E-state index contributed by atoms with van der Waals surface area (Å²) in [4.78, 5) is 17.7. The SMILES string of the molecule is CC1(C)c2ccccc2N(c2ccccc2Br)c2c1cc(-c1ccc3c(c1)c1ccccc1n3-c1nc(-c3ccccc3)nc(-c3ccccc3)n1)c1ccccc21. The molecule has 0 spiro atoms. The van der Waals surface area contributed by atoms with Gasteiger partial charge in [0.05, 0.1) is 28.1 Å². The van der Waals surface area contributed by atoms with Crippen LogP contribution in [0.4, 0.5) is 17.1 Å². The molecular weight excluding hydrogens is 775 g/mol. The molecule has 6 heteroatoms. The van der Waals surface area contributed by atoms with Crippen molar-refractivity contribution in [3.05, 3.63) is 198 Å². The first kappa shape index (κ1) is 34.4. The largest absolute Gasteiger partial charge is 0.308 e. The summed E-state index contributed by atoms with van der Waals surface area (Å²) in [6.07, 6.45) is 0. The third-order valence-electron chi connectivity index (χ3n) is 11.7. The van der Waals surface area contributed by atoms with E-state index in [-0.39, 0.29) is 5.41 Å². The fourth-order valence-electron chi connectivity index (χ4n) is 8.92. The van der Waals surface area contributed by atoms with Crippen LogP contribution < -0.4 is 4.90 Å². The molecule has 2 aromatic heterocycles. The molecule has 276 valence electrons. The number of anilines is 3. The Bertz CT molecular complexity index is 3170. The predicted octanol–water partition coefficient (Wildman–Crippen LogP) is 14.0. The van der Waals surface area contributed by atoms with E-state index in [4.69, 9.17) is 15.0 Å². The minimum absolute atomic E-state index is 0.270. The number of para-hydroxylation sites is 3. The summed E-state index contributed by atoms with van der Waals surface area (Å²) in [7, 11) is 0. The maximum Gasteiger partial charge on any atom is 0.238 e. The lowest BCUT2D eigenvalue weighted by Gasteiger charge is -2.43. The zero-order valence-corrected chi connectivity index (χ0v) is 33.5. The number of hydrogen-bond acceptors (Lipinski definition) is 4. The lowest BCUT2D eigenvalue weighted by Crippen LogP contribution is -2.31. The summed E-state index contributed by atoms with van der Waals surface area (Å²) < 4.78 is 3.24. The van der Waals surface area contributed by atoms with Gasteiger partial charge in [0.1, 0.15) is 0 Å². The molecule has 0 aliphatic carbocycles. The van der Waals surface area contributed by atoms with E-state index in [0.29, 0.717) is 17.6 Å². The van der Waals surface area contributed by atoms with E-state index in [0.717, 1.165) is 48.7 Å². The van der Waals surface area contributed by atoms with Crippen LogP contribution >= 0.6 is 15.9 Å². The molecule has 0 unspecified atom stereocenters. The van der Waals surface area contributed by atoms with Gasteiger partial charge >= 0.3 is 0 Å². The summed E-state index contributed by atoms with van der Waals surface area (Å²) in [5.41, 5.74) is 12.1. The number of halogens is 1. The second-order valence-electron chi connectivity index (χ2n) is 15.4. The maximum absolute atomic E-state index is 5.15. The van der Waals surface area contributed by atoms with Gasteiger partial charge in [0.25, 0.3) is 0 Å². The highest BCUT2D eigenvalue weighted by Gasteiger charge is 2.39. The molecule has 0 atom stereocenters. The second-order valence-corrected chi connectivity index (χ2v) is 16.2. The van der Waals surface area contributed by atoms with Gasteiger partial charge in [0.2, 0.25) is 5.95 Å². The molecule has 0 radical (unpaired) electrons. The van der Waals surface area contributed by atoms with Crippen LogP contribution in [0.3, 0.4) is 0 Å². The van der Waals surface area contributed by atoms with Crippen LogP contribution in [-0.2, 0) is 5.41 Å². The smallest absolute Gasteiger partial charge is 0.238 e. The molecule has 0 saturated carbocycles. The average Bonchev–Trinajstić information content (AvgIpc) is 3.61. The maximum atomic E-state index is 5.15. The summed E-state index contributed by atoms with van der Waals surface area (Å²) in [6, 6.07) is 64.4. The van der Waals surface area contributed by atoms with E-state index in [1.54, 1.807) is 0 Å². The van der Waals surface area contributed by atoms with Gasteiger partial charge in [0.15, 0.2) is 11.6 Å². The number of hydrogen-bond donors (Lipinski definition) is 0. The molecule has 0 saturated heterocycles. The van der Waals surface area contributed by atoms with E-state index >= 15 is 0 Å². The van der Waals surface area contributed by atoms with Crippen LogP contribution in [0.25, 0.3) is 72.4 Å². The van der Waals surface area contributed by atoms with Crippen molar-refractivity contribution in [2.75, 3.05) is 4.90 Å². The summed E-state index contributed by atoms with van der Waals surface area (Å²) in [5.74, 6) is 1.85. The fraction of sp³-hybridized carbons (Fsp3) is 0.0577. The van der Waals surface area contributed by atoms with E-state index in [1.807, 2.05) is 60.7 Å². The number of nitrogens with zero attached hydrogens (tertiary/aromatic N) is 5. The zero-order valence-electron chi connectivity index (χ0n) is 31.9. The molecule has 10 aromatic rings. The van der Waals surface area contributed by atoms with Gasteiger partial charge in [-0.05, 0) is 86.0 Å². The van der Waals surface area contributed by atoms with E-state index < -0.39 is 0 Å². The predicted molar refractivity (Wildman–Crippen MR) is 242 cm³/mol. The number of benzene rings is 8. The third kappa shape index (κ3) is 5.32. The van der Waals surface area contributed by atoms with Gasteiger partial charge in [-0.3, -0.25) is 4.57 Å². The Balaban J connectivity index is 1.15. The van der Waals surface area contributed by atoms with Gasteiger partial charge < -0.3 is 4.90 Å². The van der Waals surface area contributed by atoms with Crippen LogP contribution in [0.5, 0.6) is 0 Å². The summed E-state index contributed by atoms with van der Waals surface area (Å²) in [5, 5.41) is 4.69. The Labute approximate surface area is 345 Å². The molecule has 8 aromatic carbocycles. The summed E-state index contributed by atoms with van der Waals surface area (Å²) >= 11 is 3.92. The molecule has 0 amide bonds. The van der Waals surface area contributed by atoms with Gasteiger partial charge in [-0.25, -0.2) is 4.98 Å². The Hall–Kier alpha value is -6.89. The third-order valence-corrected chi connectivity index (χ3v) is 12.4. The Morgan fingerprint density at radius 1 is 0.448 bits per heavy atom. The zero-order chi connectivity index (χ0) is 39.0. The van der Waals surface area contributed by atoms with Crippen molar-refractivity contribution in [2.45, 2.75) is 19.3 Å². The first-order valence-corrected chi connectivity index (χ1v) is 20.4. The highest BCUT2D eigenvalue weighted by Crippen LogP contribution is 2.56. The monoisotopic (exact) mass is 809 g/mol. The van der Waals surface area contributed by atoms with Gasteiger partial charge in [0, 0.05) is 37.2 Å². The van der Waals surface area contributed by atoms with Crippen molar-refractivity contribution in [1.82, 2.24) is 19.5 Å². The number of rotatable bonds is 5. The van der Waals surface area contributed by atoms with E-state index in [2.05, 4.69) is 161 Å². The molecular formula is C52H36BrN5. The quantitative estimate of drug-likeness (QED) is 0.174. The normalized spacial score (nSPS) is 13.2. The molecule has 0 N–H and O–H groups in total. The molecule has 1 aliphatic heterocycles. The van der Waals surface area contributed by atoms with Gasteiger partial charge in [-0.15, -0.1) is 0 Å². The molecule has 0 bridgehead atoms. The van der Waals surface area contributed by atoms with Gasteiger partial charge in [-0.2, -0.15) is 9.97 Å². The second kappa shape index (κ2) is 13.4. The van der Waals surface area contributed by atoms with Crippen LogP contribution in [0.2, 0.25) is 0 Å². The molecule has 0 fully saturated rings. The first-order valence-electron chi connectivity index (χ1n) is 19.6. The molecule has 5 nitrogen and oxygen atoms in total. The van der Waals surface area contributed by atoms with Crippen molar-refractivity contribution in [3.8, 4) is 39.9 Å². The lowest BCUT2D eigenvalue weighted by atomic mass is 9.71. The van der Waals surface area contributed by atoms with Crippen molar-refractivity contribution in [3.63, 3.8) is 0 Å². The van der Waals surface area contributed by atoms with Crippen molar-refractivity contribution in [1.29, 1.82) is 0 Å². The standard InChI is InChI=1S/C52H36BrN5/c1-52(2)41-24-12-15-27-46(41)57(47-28-16-13-25-43(47)53)48-38-23-10-9-21-36(38)39(32-42(48)52)35-29-30-45-40(31-35)37-22-11-14-26-44(37)58(45)51-55-49(33-17-5-3-6-18-33)54-50(56-51)34-19-7-4-8-20-34/h3-32H,1-2H3. The number of aromatic nitrogens is 4. The summed E-state index contributed by atoms with van der Waals surface area (Å²) in [6.45, 7) is 4.72. The van der Waals surface area contributed by atoms with Crippen molar-refractivity contribution < 1.29 is 0 Å².